The largest absolute Gasteiger partial charge is 0.492 e. The van der Waals surface area contributed by atoms with Crippen LogP contribution in [-0.4, -0.2) is 43.1 Å². The predicted molar refractivity (Wildman–Crippen MR) is 121 cm³/mol. The molecule has 0 radical (unpaired) electrons. The third-order valence-electron chi connectivity index (χ3n) is 3.63. The van der Waals surface area contributed by atoms with E-state index in [4.69, 9.17) is 9.72 Å². The van der Waals surface area contributed by atoms with Crippen molar-refractivity contribution in [2.45, 2.75) is 32.7 Å². The Bertz CT molecular complexity index is 682. The SMILES string of the molecule is CN=C(NCc1csc(C(C)(C)C)n1)N(C)CCOc1ccccc1.I. The second-order valence-corrected chi connectivity index (χ2v) is 7.74. The molecule has 1 N–H and O–H groups in total. The maximum atomic E-state index is 5.74. The molecule has 0 aliphatic rings. The van der Waals surface area contributed by atoms with E-state index in [1.807, 2.05) is 37.4 Å². The van der Waals surface area contributed by atoms with Crippen LogP contribution < -0.4 is 10.1 Å². The summed E-state index contributed by atoms with van der Waals surface area (Å²) >= 11 is 1.71. The van der Waals surface area contributed by atoms with Crippen molar-refractivity contribution in [3.63, 3.8) is 0 Å². The van der Waals surface area contributed by atoms with Crippen molar-refractivity contribution < 1.29 is 4.74 Å². The lowest BCUT2D eigenvalue weighted by Crippen LogP contribution is -2.40. The smallest absolute Gasteiger partial charge is 0.193 e. The molecule has 0 spiro atoms. The van der Waals surface area contributed by atoms with Gasteiger partial charge in [-0.05, 0) is 12.1 Å². The second kappa shape index (κ2) is 10.7. The number of nitrogens with one attached hydrogen (secondary N) is 1. The molecule has 0 saturated carbocycles. The maximum Gasteiger partial charge on any atom is 0.193 e. The van der Waals surface area contributed by atoms with E-state index >= 15 is 0 Å². The van der Waals surface area contributed by atoms with E-state index in [1.165, 1.54) is 0 Å². The van der Waals surface area contributed by atoms with Gasteiger partial charge in [-0.15, -0.1) is 35.3 Å². The Balaban J connectivity index is 0.00000338. The van der Waals surface area contributed by atoms with Crippen LogP contribution in [0.4, 0.5) is 0 Å². The molecule has 0 aliphatic heterocycles. The Labute approximate surface area is 177 Å². The van der Waals surface area contributed by atoms with Crippen LogP contribution in [0.2, 0.25) is 0 Å². The van der Waals surface area contributed by atoms with Gasteiger partial charge in [-0.1, -0.05) is 39.0 Å². The van der Waals surface area contributed by atoms with Crippen molar-refractivity contribution in [2.75, 3.05) is 27.2 Å². The minimum Gasteiger partial charge on any atom is -0.492 e. The van der Waals surface area contributed by atoms with Crippen LogP contribution in [0.3, 0.4) is 0 Å². The number of guanidine groups is 1. The Kier molecular flexibility index (Phi) is 9.35. The van der Waals surface area contributed by atoms with Gasteiger partial charge in [0.1, 0.15) is 12.4 Å². The number of likely N-dealkylation sites (N-methyl/N-ethyl adjacent to an activating group) is 1. The van der Waals surface area contributed by atoms with Gasteiger partial charge >= 0.3 is 0 Å². The number of hydrogen-bond acceptors (Lipinski definition) is 4. The highest BCUT2D eigenvalue weighted by Crippen LogP contribution is 2.25. The lowest BCUT2D eigenvalue weighted by atomic mass is 9.98. The number of ether oxygens (including phenoxy) is 1. The molecule has 0 atom stereocenters. The van der Waals surface area contributed by atoms with Gasteiger partial charge in [-0.25, -0.2) is 4.98 Å². The van der Waals surface area contributed by atoms with Gasteiger partial charge < -0.3 is 15.0 Å². The van der Waals surface area contributed by atoms with E-state index in [-0.39, 0.29) is 29.4 Å². The van der Waals surface area contributed by atoms with Crippen molar-refractivity contribution in [2.24, 2.45) is 4.99 Å². The van der Waals surface area contributed by atoms with E-state index in [9.17, 15) is 0 Å². The molecule has 1 heterocycles. The summed E-state index contributed by atoms with van der Waals surface area (Å²) < 4.78 is 5.74. The second-order valence-electron chi connectivity index (χ2n) is 6.88. The Morgan fingerprint density at radius 3 is 2.54 bits per heavy atom. The predicted octanol–water partition coefficient (Wildman–Crippen LogP) is 4.14. The number of thiazole rings is 1. The number of para-hydroxylation sites is 1. The summed E-state index contributed by atoms with van der Waals surface area (Å²) in [4.78, 5) is 11.1. The summed E-state index contributed by atoms with van der Waals surface area (Å²) in [5.74, 6) is 1.72. The molecule has 0 fully saturated rings. The fourth-order valence-electron chi connectivity index (χ4n) is 2.21. The summed E-state index contributed by atoms with van der Waals surface area (Å²) in [6.45, 7) is 8.57. The van der Waals surface area contributed by atoms with Gasteiger partial charge in [0.2, 0.25) is 0 Å². The zero-order valence-corrected chi connectivity index (χ0v) is 19.3. The molecular formula is C19H29IN4OS. The number of hydrogen-bond donors (Lipinski definition) is 1. The quantitative estimate of drug-likeness (QED) is 0.377. The molecule has 0 unspecified atom stereocenters. The van der Waals surface area contributed by atoms with Crippen LogP contribution >= 0.6 is 35.3 Å². The highest BCUT2D eigenvalue weighted by Gasteiger charge is 2.18. The van der Waals surface area contributed by atoms with Crippen molar-refractivity contribution in [3.8, 4) is 5.75 Å². The van der Waals surface area contributed by atoms with Gasteiger partial charge in [-0.2, -0.15) is 0 Å². The van der Waals surface area contributed by atoms with Gasteiger partial charge in [0.15, 0.2) is 5.96 Å². The van der Waals surface area contributed by atoms with E-state index < -0.39 is 0 Å². The lowest BCUT2D eigenvalue weighted by molar-refractivity contribution is 0.281. The van der Waals surface area contributed by atoms with E-state index in [2.05, 4.69) is 41.4 Å². The number of aromatic nitrogens is 1. The first kappa shape index (κ1) is 22.7. The fourth-order valence-corrected chi connectivity index (χ4v) is 3.12. The van der Waals surface area contributed by atoms with E-state index in [0.29, 0.717) is 13.2 Å². The topological polar surface area (TPSA) is 49.8 Å². The number of rotatable bonds is 6. The molecule has 5 nitrogen and oxygen atoms in total. The molecule has 0 bridgehead atoms. The van der Waals surface area contributed by atoms with Crippen LogP contribution in [0, 0.1) is 0 Å². The third kappa shape index (κ3) is 7.11. The lowest BCUT2D eigenvalue weighted by Gasteiger charge is -2.22. The minimum absolute atomic E-state index is 0. The first-order chi connectivity index (χ1) is 11.9. The normalized spacial score (nSPS) is 11.7. The molecule has 144 valence electrons. The van der Waals surface area contributed by atoms with Crippen molar-refractivity contribution in [3.05, 3.63) is 46.4 Å². The number of halogens is 1. The third-order valence-corrected chi connectivity index (χ3v) is 4.95. The van der Waals surface area contributed by atoms with Crippen LogP contribution in [0.25, 0.3) is 0 Å². The van der Waals surface area contributed by atoms with Crippen LogP contribution in [0.1, 0.15) is 31.5 Å². The monoisotopic (exact) mass is 488 g/mol. The van der Waals surface area contributed by atoms with Gasteiger partial charge in [0.05, 0.1) is 23.8 Å². The van der Waals surface area contributed by atoms with Crippen molar-refractivity contribution in [1.82, 2.24) is 15.2 Å². The Morgan fingerprint density at radius 2 is 1.96 bits per heavy atom. The average Bonchev–Trinajstić information content (AvgIpc) is 3.06. The van der Waals surface area contributed by atoms with Crippen molar-refractivity contribution >= 4 is 41.3 Å². The minimum atomic E-state index is 0. The molecule has 0 amide bonds. The first-order valence-corrected chi connectivity index (χ1v) is 9.32. The molecule has 0 saturated heterocycles. The average molecular weight is 488 g/mol. The summed E-state index contributed by atoms with van der Waals surface area (Å²) in [5.41, 5.74) is 1.14. The maximum absolute atomic E-state index is 5.74. The standard InChI is InChI=1S/C19H28N4OS.HI/c1-19(2,3)17-22-15(14-25-17)13-21-18(20-4)23(5)11-12-24-16-9-7-6-8-10-16;/h6-10,14H,11-13H2,1-5H3,(H,20,21);1H. The molecule has 2 aromatic rings. The Morgan fingerprint density at radius 1 is 1.27 bits per heavy atom. The molecule has 1 aromatic carbocycles. The molecular weight excluding hydrogens is 459 g/mol. The molecule has 0 aliphatic carbocycles. The molecule has 26 heavy (non-hydrogen) atoms. The number of aliphatic imine (C=N–C) groups is 1. The zero-order valence-electron chi connectivity index (χ0n) is 16.2. The number of nitrogens with zero attached hydrogens (tertiary/aromatic N) is 3. The van der Waals surface area contributed by atoms with E-state index in [0.717, 1.165) is 29.0 Å². The highest BCUT2D eigenvalue weighted by atomic mass is 127. The fraction of sp³-hybridized carbons (Fsp3) is 0.474. The summed E-state index contributed by atoms with van der Waals surface area (Å²) in [7, 11) is 3.80. The van der Waals surface area contributed by atoms with Crippen LogP contribution in [0.15, 0.2) is 40.7 Å². The summed E-state index contributed by atoms with van der Waals surface area (Å²) in [6.07, 6.45) is 0. The summed E-state index contributed by atoms with van der Waals surface area (Å²) in [6, 6.07) is 9.84. The highest BCUT2D eigenvalue weighted by molar-refractivity contribution is 14.0. The van der Waals surface area contributed by atoms with Gasteiger partial charge in [-0.3, -0.25) is 4.99 Å². The molecule has 2 rings (SSSR count). The molecule has 7 heteroatoms. The zero-order chi connectivity index (χ0) is 18.3. The van der Waals surface area contributed by atoms with Crippen LogP contribution in [0.5, 0.6) is 5.75 Å². The molecule has 1 aromatic heterocycles. The van der Waals surface area contributed by atoms with Crippen molar-refractivity contribution in [1.29, 1.82) is 0 Å². The van der Waals surface area contributed by atoms with E-state index in [1.54, 1.807) is 18.4 Å². The summed E-state index contributed by atoms with van der Waals surface area (Å²) in [5, 5.41) is 6.63. The Hall–Kier alpha value is -1.35. The van der Waals surface area contributed by atoms with Crippen LogP contribution in [-0.2, 0) is 12.0 Å². The number of benzene rings is 1. The first-order valence-electron chi connectivity index (χ1n) is 8.44. The van der Waals surface area contributed by atoms with Gasteiger partial charge in [0, 0.05) is 24.9 Å². The van der Waals surface area contributed by atoms with Gasteiger partial charge in [0.25, 0.3) is 0 Å².